The third kappa shape index (κ3) is 2.68. The van der Waals surface area contributed by atoms with Crippen molar-refractivity contribution in [2.24, 2.45) is 0 Å². The highest BCUT2D eigenvalue weighted by molar-refractivity contribution is 5.43. The van der Waals surface area contributed by atoms with Gasteiger partial charge >= 0.3 is 0 Å². The second kappa shape index (κ2) is 5.53. The highest BCUT2D eigenvalue weighted by Gasteiger charge is 2.27. The average Bonchev–Trinajstić information content (AvgIpc) is 2.54. The van der Waals surface area contributed by atoms with E-state index < -0.39 is 5.60 Å². The Labute approximate surface area is 126 Å². The number of hydrogen-bond donors (Lipinski definition) is 1. The molecule has 2 aromatic rings. The molecule has 2 aromatic carbocycles. The van der Waals surface area contributed by atoms with Gasteiger partial charge in [0, 0.05) is 0 Å². The van der Waals surface area contributed by atoms with Crippen LogP contribution in [0, 0.1) is 0 Å². The van der Waals surface area contributed by atoms with E-state index in [4.69, 9.17) is 4.74 Å². The van der Waals surface area contributed by atoms with E-state index in [2.05, 4.69) is 18.2 Å². The highest BCUT2D eigenvalue weighted by Crippen LogP contribution is 2.33. The summed E-state index contributed by atoms with van der Waals surface area (Å²) in [5.41, 5.74) is 3.64. The first-order chi connectivity index (χ1) is 10.1. The van der Waals surface area contributed by atoms with E-state index in [1.807, 2.05) is 31.2 Å². The van der Waals surface area contributed by atoms with Crippen molar-refractivity contribution in [3.05, 3.63) is 64.7 Å². The Hall–Kier alpha value is -1.80. The van der Waals surface area contributed by atoms with Crippen molar-refractivity contribution in [3.63, 3.8) is 0 Å². The minimum absolute atomic E-state index is 0.769. The molecule has 0 fully saturated rings. The third-order valence-corrected chi connectivity index (χ3v) is 4.54. The van der Waals surface area contributed by atoms with Crippen molar-refractivity contribution in [3.8, 4) is 5.75 Å². The Morgan fingerprint density at radius 3 is 2.43 bits per heavy atom. The largest absolute Gasteiger partial charge is 0.497 e. The Morgan fingerprint density at radius 1 is 0.952 bits per heavy atom. The average molecular weight is 282 g/mol. The van der Waals surface area contributed by atoms with Crippen LogP contribution in [0.2, 0.25) is 0 Å². The van der Waals surface area contributed by atoms with Gasteiger partial charge in [0.25, 0.3) is 0 Å². The molecule has 0 heterocycles. The van der Waals surface area contributed by atoms with Gasteiger partial charge in [0.1, 0.15) is 11.4 Å². The zero-order valence-electron chi connectivity index (χ0n) is 12.7. The molecule has 110 valence electrons. The third-order valence-electron chi connectivity index (χ3n) is 4.54. The van der Waals surface area contributed by atoms with Gasteiger partial charge in [0.15, 0.2) is 0 Å². The predicted molar refractivity (Wildman–Crippen MR) is 84.8 cm³/mol. The summed E-state index contributed by atoms with van der Waals surface area (Å²) in [5, 5.41) is 11.0. The summed E-state index contributed by atoms with van der Waals surface area (Å²) in [7, 11) is 1.65. The van der Waals surface area contributed by atoms with Crippen LogP contribution in [0.1, 0.15) is 42.0 Å². The Balaban J connectivity index is 2.00. The highest BCUT2D eigenvalue weighted by atomic mass is 16.5. The zero-order valence-corrected chi connectivity index (χ0v) is 12.7. The van der Waals surface area contributed by atoms with Gasteiger partial charge in [-0.3, -0.25) is 0 Å². The monoisotopic (exact) mass is 282 g/mol. The summed E-state index contributed by atoms with van der Waals surface area (Å²) in [4.78, 5) is 0. The summed E-state index contributed by atoms with van der Waals surface area (Å²) in [6.45, 7) is 1.85. The lowest BCUT2D eigenvalue weighted by Gasteiger charge is -2.27. The molecule has 1 atom stereocenters. The van der Waals surface area contributed by atoms with E-state index >= 15 is 0 Å². The summed E-state index contributed by atoms with van der Waals surface area (Å²) < 4.78 is 5.27. The normalized spacial score (nSPS) is 16.9. The minimum atomic E-state index is -0.999. The van der Waals surface area contributed by atoms with Crippen LogP contribution in [0.4, 0.5) is 0 Å². The number of methoxy groups -OCH3 is 1. The zero-order chi connectivity index (χ0) is 14.9. The number of hydrogen-bond acceptors (Lipinski definition) is 2. The number of aliphatic hydroxyl groups is 1. The fourth-order valence-corrected chi connectivity index (χ4v) is 3.13. The van der Waals surface area contributed by atoms with Gasteiger partial charge in [0.2, 0.25) is 0 Å². The maximum Gasteiger partial charge on any atom is 0.119 e. The van der Waals surface area contributed by atoms with E-state index in [0.717, 1.165) is 29.7 Å². The molecular formula is C19H22O2. The van der Waals surface area contributed by atoms with Crippen molar-refractivity contribution < 1.29 is 9.84 Å². The molecule has 0 amide bonds. The molecule has 0 aliphatic heterocycles. The molecule has 1 aliphatic carbocycles. The molecule has 0 aromatic heterocycles. The molecule has 1 aliphatic rings. The molecule has 2 heteroatoms. The van der Waals surface area contributed by atoms with E-state index in [0.29, 0.717) is 0 Å². The molecular weight excluding hydrogens is 260 g/mol. The molecule has 3 rings (SSSR count). The number of fused-ring (bicyclic) bond motifs is 1. The van der Waals surface area contributed by atoms with Crippen molar-refractivity contribution in [1.82, 2.24) is 0 Å². The summed E-state index contributed by atoms with van der Waals surface area (Å²) in [5.74, 6) is 0.769. The lowest BCUT2D eigenvalue weighted by atomic mass is 9.83. The first kappa shape index (κ1) is 14.2. The van der Waals surface area contributed by atoms with Gasteiger partial charge < -0.3 is 9.84 Å². The Kier molecular flexibility index (Phi) is 3.73. The molecule has 0 saturated heterocycles. The molecule has 0 saturated carbocycles. The maximum atomic E-state index is 11.0. The summed E-state index contributed by atoms with van der Waals surface area (Å²) in [6.07, 6.45) is 4.81. The van der Waals surface area contributed by atoms with Crippen molar-refractivity contribution in [2.75, 3.05) is 7.11 Å². The fraction of sp³-hybridized carbons (Fsp3) is 0.368. The quantitative estimate of drug-likeness (QED) is 0.927. The van der Waals surface area contributed by atoms with Gasteiger partial charge in [-0.15, -0.1) is 0 Å². The van der Waals surface area contributed by atoms with Crippen molar-refractivity contribution >= 4 is 0 Å². The van der Waals surface area contributed by atoms with Crippen LogP contribution in [0.3, 0.4) is 0 Å². The van der Waals surface area contributed by atoms with E-state index in [1.165, 1.54) is 24.0 Å². The van der Waals surface area contributed by atoms with Crippen molar-refractivity contribution in [1.29, 1.82) is 0 Å². The van der Waals surface area contributed by atoms with Crippen LogP contribution in [-0.2, 0) is 18.4 Å². The van der Waals surface area contributed by atoms with Crippen LogP contribution < -0.4 is 4.74 Å². The maximum absolute atomic E-state index is 11.0. The number of benzene rings is 2. The van der Waals surface area contributed by atoms with Crippen LogP contribution in [0.5, 0.6) is 5.75 Å². The van der Waals surface area contributed by atoms with Crippen LogP contribution >= 0.6 is 0 Å². The van der Waals surface area contributed by atoms with Crippen molar-refractivity contribution in [2.45, 2.75) is 38.2 Å². The Bertz CT molecular complexity index is 644. The lowest BCUT2D eigenvalue weighted by Crippen LogP contribution is -2.23. The molecule has 0 spiro atoms. The Morgan fingerprint density at radius 2 is 1.67 bits per heavy atom. The van der Waals surface area contributed by atoms with Gasteiger partial charge in [0.05, 0.1) is 7.11 Å². The molecule has 21 heavy (non-hydrogen) atoms. The standard InChI is InChI=1S/C19H22O2/c1-19(20,16-8-5-9-18(13-16)21-2)17-11-10-14-6-3-4-7-15(14)12-17/h5,8-13,20H,3-4,6-7H2,1-2H3. The lowest BCUT2D eigenvalue weighted by molar-refractivity contribution is 0.102. The second-order valence-corrected chi connectivity index (χ2v) is 5.99. The van der Waals surface area contributed by atoms with E-state index in [1.54, 1.807) is 7.11 Å². The fourth-order valence-electron chi connectivity index (χ4n) is 3.13. The van der Waals surface area contributed by atoms with Gasteiger partial charge in [-0.1, -0.05) is 30.3 Å². The van der Waals surface area contributed by atoms with E-state index in [-0.39, 0.29) is 0 Å². The summed E-state index contributed by atoms with van der Waals surface area (Å²) in [6, 6.07) is 14.1. The first-order valence-electron chi connectivity index (χ1n) is 7.60. The van der Waals surface area contributed by atoms with Gasteiger partial charge in [-0.05, 0) is 67.0 Å². The van der Waals surface area contributed by atoms with Crippen LogP contribution in [0.15, 0.2) is 42.5 Å². The number of aryl methyl sites for hydroxylation is 2. The molecule has 0 radical (unpaired) electrons. The molecule has 1 unspecified atom stereocenters. The second-order valence-electron chi connectivity index (χ2n) is 5.99. The summed E-state index contributed by atoms with van der Waals surface area (Å²) >= 11 is 0. The smallest absolute Gasteiger partial charge is 0.119 e. The topological polar surface area (TPSA) is 29.5 Å². The van der Waals surface area contributed by atoms with Gasteiger partial charge in [-0.2, -0.15) is 0 Å². The number of ether oxygens (including phenoxy) is 1. The predicted octanol–water partition coefficient (Wildman–Crippen LogP) is 3.83. The minimum Gasteiger partial charge on any atom is -0.497 e. The van der Waals surface area contributed by atoms with Gasteiger partial charge in [-0.25, -0.2) is 0 Å². The number of rotatable bonds is 3. The molecule has 0 bridgehead atoms. The van der Waals surface area contributed by atoms with E-state index in [9.17, 15) is 5.11 Å². The first-order valence-corrected chi connectivity index (χ1v) is 7.60. The van der Waals surface area contributed by atoms with Crippen LogP contribution in [0.25, 0.3) is 0 Å². The SMILES string of the molecule is COc1cccc(C(C)(O)c2ccc3c(c2)CCCC3)c1. The molecule has 1 N–H and O–H groups in total. The molecule has 2 nitrogen and oxygen atoms in total. The van der Waals surface area contributed by atoms with Crippen LogP contribution in [-0.4, -0.2) is 12.2 Å².